The standard InChI is InChI=1S/C27H29F2N3O4S2/c1-3-5-13-31(14-6-4-2)38(34,35)22-11-9-19(10-12-22)26(33)32(18-21-8-7-15-36-21)27-30-25-23(29)16-20(28)17-24(25)37-27/h7-12,15-17H,3-6,13-14,18H2,1-2H3. The zero-order chi connectivity index (χ0) is 27.3. The minimum atomic E-state index is -3.72. The van der Waals surface area contributed by atoms with Gasteiger partial charge in [0.25, 0.3) is 5.91 Å². The first-order valence-corrected chi connectivity index (χ1v) is 14.7. The van der Waals surface area contributed by atoms with Crippen molar-refractivity contribution in [2.45, 2.75) is 51.0 Å². The van der Waals surface area contributed by atoms with Gasteiger partial charge in [0.15, 0.2) is 10.9 Å². The largest absolute Gasteiger partial charge is 0.467 e. The second kappa shape index (κ2) is 12.1. The molecule has 2 aromatic heterocycles. The molecule has 4 aromatic rings. The lowest BCUT2D eigenvalue weighted by Gasteiger charge is -2.22. The number of anilines is 1. The minimum absolute atomic E-state index is 0.00236. The van der Waals surface area contributed by atoms with Crippen LogP contribution in [-0.4, -0.2) is 36.7 Å². The van der Waals surface area contributed by atoms with Crippen molar-refractivity contribution in [3.8, 4) is 0 Å². The molecule has 202 valence electrons. The van der Waals surface area contributed by atoms with Gasteiger partial charge in [0.1, 0.15) is 17.1 Å². The molecule has 0 aliphatic carbocycles. The summed E-state index contributed by atoms with van der Waals surface area (Å²) in [5.41, 5.74) is 0.180. The van der Waals surface area contributed by atoms with Crippen LogP contribution in [0.1, 0.15) is 55.6 Å². The van der Waals surface area contributed by atoms with Crippen LogP contribution in [0.5, 0.6) is 0 Å². The van der Waals surface area contributed by atoms with E-state index in [9.17, 15) is 22.0 Å². The first-order valence-electron chi connectivity index (χ1n) is 12.4. The molecule has 1 amide bonds. The van der Waals surface area contributed by atoms with Crippen LogP contribution in [0.15, 0.2) is 64.1 Å². The second-order valence-electron chi connectivity index (χ2n) is 8.84. The molecule has 0 N–H and O–H groups in total. The fraction of sp³-hybridized carbons (Fsp3) is 0.333. The number of benzene rings is 2. The third kappa shape index (κ3) is 6.11. The summed E-state index contributed by atoms with van der Waals surface area (Å²) in [5, 5.41) is 0.160. The third-order valence-corrected chi connectivity index (χ3v) is 8.97. The van der Waals surface area contributed by atoms with Gasteiger partial charge in [0.2, 0.25) is 10.0 Å². The van der Waals surface area contributed by atoms with E-state index in [4.69, 9.17) is 4.42 Å². The Morgan fingerprint density at radius 2 is 1.71 bits per heavy atom. The normalized spacial score (nSPS) is 11.9. The maximum Gasteiger partial charge on any atom is 0.260 e. The summed E-state index contributed by atoms with van der Waals surface area (Å²) < 4.78 is 61.8. The van der Waals surface area contributed by atoms with Crippen molar-refractivity contribution < 1.29 is 26.4 Å². The van der Waals surface area contributed by atoms with Crippen LogP contribution >= 0.6 is 11.3 Å². The number of halogens is 2. The number of thiazole rings is 1. The average Bonchev–Trinajstić information content (AvgIpc) is 3.57. The van der Waals surface area contributed by atoms with Gasteiger partial charge in [-0.3, -0.25) is 9.69 Å². The molecular formula is C27H29F2N3O4S2. The summed E-state index contributed by atoms with van der Waals surface area (Å²) in [6.45, 7) is 4.89. The molecule has 0 bridgehead atoms. The van der Waals surface area contributed by atoms with Crippen LogP contribution in [0.3, 0.4) is 0 Å². The van der Waals surface area contributed by atoms with E-state index >= 15 is 0 Å². The fourth-order valence-corrected chi connectivity index (χ4v) is 6.46. The van der Waals surface area contributed by atoms with Crippen LogP contribution < -0.4 is 4.90 Å². The molecule has 0 radical (unpaired) electrons. The van der Waals surface area contributed by atoms with E-state index in [0.29, 0.717) is 18.8 Å². The fourth-order valence-electron chi connectivity index (χ4n) is 3.94. The number of hydrogen-bond acceptors (Lipinski definition) is 6. The SMILES string of the molecule is CCCCN(CCCC)S(=O)(=O)c1ccc(C(=O)N(Cc2ccco2)c2nc3c(F)cc(F)cc3s2)cc1. The van der Waals surface area contributed by atoms with Gasteiger partial charge in [-0.25, -0.2) is 22.2 Å². The molecule has 0 saturated carbocycles. The number of furan rings is 1. The van der Waals surface area contributed by atoms with Crippen molar-refractivity contribution in [2.75, 3.05) is 18.0 Å². The molecule has 0 saturated heterocycles. The van der Waals surface area contributed by atoms with Gasteiger partial charge in [-0.05, 0) is 55.3 Å². The third-order valence-electron chi connectivity index (χ3n) is 6.03. The Labute approximate surface area is 224 Å². The zero-order valence-electron chi connectivity index (χ0n) is 21.2. The molecule has 2 heterocycles. The lowest BCUT2D eigenvalue weighted by molar-refractivity contribution is 0.0983. The smallest absolute Gasteiger partial charge is 0.260 e. The van der Waals surface area contributed by atoms with E-state index in [0.717, 1.165) is 49.2 Å². The predicted octanol–water partition coefficient (Wildman–Crippen LogP) is 6.61. The number of nitrogens with zero attached hydrogens (tertiary/aromatic N) is 3. The van der Waals surface area contributed by atoms with Crippen molar-refractivity contribution in [2.24, 2.45) is 0 Å². The van der Waals surface area contributed by atoms with Crippen molar-refractivity contribution in [3.63, 3.8) is 0 Å². The van der Waals surface area contributed by atoms with Gasteiger partial charge in [0.05, 0.1) is 22.4 Å². The number of hydrogen-bond donors (Lipinski definition) is 0. The topological polar surface area (TPSA) is 83.7 Å². The first kappa shape index (κ1) is 27.9. The molecule has 0 fully saturated rings. The molecule has 2 aromatic carbocycles. The predicted molar refractivity (Wildman–Crippen MR) is 144 cm³/mol. The highest BCUT2D eigenvalue weighted by atomic mass is 32.2. The van der Waals surface area contributed by atoms with Crippen LogP contribution in [0, 0.1) is 11.6 Å². The summed E-state index contributed by atoms with van der Waals surface area (Å²) in [6.07, 6.45) is 4.73. The summed E-state index contributed by atoms with van der Waals surface area (Å²) in [4.78, 5) is 19.3. The number of fused-ring (bicyclic) bond motifs is 1. The monoisotopic (exact) mass is 561 g/mol. The molecule has 0 atom stereocenters. The average molecular weight is 562 g/mol. The van der Waals surface area contributed by atoms with E-state index < -0.39 is 27.6 Å². The van der Waals surface area contributed by atoms with Crippen molar-refractivity contribution in [1.29, 1.82) is 0 Å². The number of aromatic nitrogens is 1. The second-order valence-corrected chi connectivity index (χ2v) is 11.8. The van der Waals surface area contributed by atoms with Gasteiger partial charge < -0.3 is 4.42 Å². The van der Waals surface area contributed by atoms with Crippen molar-refractivity contribution in [1.82, 2.24) is 9.29 Å². The Kier molecular flexibility index (Phi) is 8.91. The van der Waals surface area contributed by atoms with Crippen LogP contribution in [-0.2, 0) is 16.6 Å². The summed E-state index contributed by atoms with van der Waals surface area (Å²) in [7, 11) is -3.72. The van der Waals surface area contributed by atoms with Crippen LogP contribution in [0.2, 0.25) is 0 Å². The molecule has 38 heavy (non-hydrogen) atoms. The Morgan fingerprint density at radius 3 is 2.32 bits per heavy atom. The van der Waals surface area contributed by atoms with E-state index in [2.05, 4.69) is 4.98 Å². The minimum Gasteiger partial charge on any atom is -0.467 e. The molecular weight excluding hydrogens is 532 g/mol. The maximum atomic E-state index is 14.3. The maximum absolute atomic E-state index is 14.3. The summed E-state index contributed by atoms with van der Waals surface area (Å²) in [5.74, 6) is -1.58. The Morgan fingerprint density at radius 1 is 1.03 bits per heavy atom. The number of rotatable bonds is 12. The number of unbranched alkanes of at least 4 members (excludes halogenated alkanes) is 2. The lowest BCUT2D eigenvalue weighted by atomic mass is 10.2. The molecule has 0 spiro atoms. The molecule has 7 nitrogen and oxygen atoms in total. The van der Waals surface area contributed by atoms with Crippen LogP contribution in [0.25, 0.3) is 10.2 Å². The number of amides is 1. The van der Waals surface area contributed by atoms with E-state index in [1.54, 1.807) is 12.1 Å². The molecule has 11 heteroatoms. The zero-order valence-corrected chi connectivity index (χ0v) is 22.8. The van der Waals surface area contributed by atoms with E-state index in [1.165, 1.54) is 39.7 Å². The number of carbonyl (C=O) groups is 1. The Balaban J connectivity index is 1.65. The highest BCUT2D eigenvalue weighted by Gasteiger charge is 2.26. The van der Waals surface area contributed by atoms with Gasteiger partial charge >= 0.3 is 0 Å². The van der Waals surface area contributed by atoms with Crippen molar-refractivity contribution >= 4 is 42.6 Å². The Bertz CT molecular complexity index is 1480. The van der Waals surface area contributed by atoms with E-state index in [1.807, 2.05) is 13.8 Å². The molecule has 0 aliphatic heterocycles. The molecule has 0 aliphatic rings. The lowest BCUT2D eigenvalue weighted by Crippen LogP contribution is -2.33. The van der Waals surface area contributed by atoms with Crippen molar-refractivity contribution in [3.05, 3.63) is 77.8 Å². The van der Waals surface area contributed by atoms with Gasteiger partial charge in [0, 0.05) is 24.7 Å². The van der Waals surface area contributed by atoms with Gasteiger partial charge in [-0.1, -0.05) is 38.0 Å². The van der Waals surface area contributed by atoms with Gasteiger partial charge in [-0.15, -0.1) is 0 Å². The number of sulfonamides is 1. The van der Waals surface area contributed by atoms with E-state index in [-0.39, 0.29) is 32.4 Å². The highest BCUT2D eigenvalue weighted by molar-refractivity contribution is 7.89. The first-order chi connectivity index (χ1) is 18.2. The van der Waals surface area contributed by atoms with Crippen LogP contribution in [0.4, 0.5) is 13.9 Å². The Hall–Kier alpha value is -3.15. The summed E-state index contributed by atoms with van der Waals surface area (Å²) in [6, 6.07) is 11.0. The number of carbonyl (C=O) groups excluding carboxylic acids is 1. The summed E-state index contributed by atoms with van der Waals surface area (Å²) >= 11 is 0.975. The molecule has 0 unspecified atom stereocenters. The highest BCUT2D eigenvalue weighted by Crippen LogP contribution is 2.33. The quantitative estimate of drug-likeness (QED) is 0.194. The molecule has 4 rings (SSSR count). The van der Waals surface area contributed by atoms with Gasteiger partial charge in [-0.2, -0.15) is 4.31 Å².